The zero-order valence-corrected chi connectivity index (χ0v) is 11.9. The first-order valence-electron chi connectivity index (χ1n) is 5.18. The largest absolute Gasteiger partial charge is 0.477 e. The molecule has 0 radical (unpaired) electrons. The number of carboxylic acid groups (broad SMARTS) is 1. The van der Waals surface area contributed by atoms with Gasteiger partial charge in [0.2, 0.25) is 0 Å². The van der Waals surface area contributed by atoms with Crippen molar-refractivity contribution in [2.75, 3.05) is 13.2 Å². The zero-order valence-electron chi connectivity index (χ0n) is 9.49. The van der Waals surface area contributed by atoms with Gasteiger partial charge in [-0.2, -0.15) is 0 Å². The molecule has 1 N–H and O–H groups in total. The van der Waals surface area contributed by atoms with Crippen molar-refractivity contribution < 1.29 is 45.6 Å². The van der Waals surface area contributed by atoms with E-state index in [1.54, 1.807) is 0 Å². The Bertz CT molecular complexity index is 142. The second kappa shape index (κ2) is 12.3. The fraction of sp³-hybridized carbons (Fsp3) is 0.900. The number of carbonyl (C=O) groups is 1. The molecule has 88 valence electrons. The zero-order chi connectivity index (χ0) is 10.8. The number of hydrogen-bond acceptors (Lipinski definition) is 3. The standard InChI is InChI=1S/C10H20O4.Zr/c1-3-5-7-13-10(9(11)12)14-8-6-4-2;/h10H,3-8H2,1-2H3,(H,11,12);. The van der Waals surface area contributed by atoms with E-state index < -0.39 is 12.3 Å². The average molecular weight is 295 g/mol. The predicted molar refractivity (Wildman–Crippen MR) is 53.1 cm³/mol. The van der Waals surface area contributed by atoms with E-state index in [0.717, 1.165) is 25.7 Å². The van der Waals surface area contributed by atoms with Crippen molar-refractivity contribution in [1.82, 2.24) is 0 Å². The van der Waals surface area contributed by atoms with E-state index in [4.69, 9.17) is 14.6 Å². The molecule has 0 fully saturated rings. The third-order valence-electron chi connectivity index (χ3n) is 1.74. The summed E-state index contributed by atoms with van der Waals surface area (Å²) in [7, 11) is 0. The second-order valence-corrected chi connectivity index (χ2v) is 3.12. The Labute approximate surface area is 110 Å². The number of carboxylic acids is 1. The van der Waals surface area contributed by atoms with Gasteiger partial charge < -0.3 is 14.6 Å². The molecule has 0 amide bonds. The Morgan fingerprint density at radius 3 is 1.80 bits per heavy atom. The van der Waals surface area contributed by atoms with Gasteiger partial charge >= 0.3 is 5.97 Å². The number of aliphatic carboxylic acids is 1. The minimum Gasteiger partial charge on any atom is -0.477 e. The summed E-state index contributed by atoms with van der Waals surface area (Å²) in [6, 6.07) is 0. The SMILES string of the molecule is CCCCOC(OCCCC)C(=O)O.[Zr]. The van der Waals surface area contributed by atoms with Crippen molar-refractivity contribution >= 4 is 5.97 Å². The van der Waals surface area contributed by atoms with Crippen LogP contribution in [0.5, 0.6) is 0 Å². The van der Waals surface area contributed by atoms with Crippen LogP contribution in [0.15, 0.2) is 0 Å². The molecule has 0 saturated heterocycles. The van der Waals surface area contributed by atoms with Crippen molar-refractivity contribution in [2.45, 2.75) is 45.8 Å². The van der Waals surface area contributed by atoms with Crippen molar-refractivity contribution in [3.05, 3.63) is 0 Å². The minimum atomic E-state index is -1.09. The van der Waals surface area contributed by atoms with Gasteiger partial charge in [-0.25, -0.2) is 4.79 Å². The number of ether oxygens (including phenoxy) is 2. The van der Waals surface area contributed by atoms with Crippen molar-refractivity contribution in [3.8, 4) is 0 Å². The molecule has 0 aliphatic rings. The Balaban J connectivity index is 0. The summed E-state index contributed by atoms with van der Waals surface area (Å²) in [5.41, 5.74) is 0. The van der Waals surface area contributed by atoms with Gasteiger partial charge in [0.1, 0.15) is 0 Å². The van der Waals surface area contributed by atoms with E-state index in [0.29, 0.717) is 13.2 Å². The molecule has 0 aromatic rings. The van der Waals surface area contributed by atoms with Gasteiger partial charge in [0.05, 0.1) is 13.2 Å². The number of rotatable bonds is 9. The van der Waals surface area contributed by atoms with Crippen LogP contribution in [0.4, 0.5) is 0 Å². The molecule has 0 spiro atoms. The molecule has 0 atom stereocenters. The van der Waals surface area contributed by atoms with E-state index in [2.05, 4.69) is 0 Å². The molecule has 5 heteroatoms. The first kappa shape index (κ1) is 17.7. The van der Waals surface area contributed by atoms with Crippen molar-refractivity contribution in [3.63, 3.8) is 0 Å². The van der Waals surface area contributed by atoms with Crippen LogP contribution in [0, 0.1) is 0 Å². The van der Waals surface area contributed by atoms with Gasteiger partial charge in [-0.15, -0.1) is 0 Å². The van der Waals surface area contributed by atoms with Gasteiger partial charge in [0, 0.05) is 26.2 Å². The molecule has 0 aliphatic heterocycles. The topological polar surface area (TPSA) is 55.8 Å². The Kier molecular flexibility index (Phi) is 14.5. The van der Waals surface area contributed by atoms with Crippen LogP contribution in [0.3, 0.4) is 0 Å². The van der Waals surface area contributed by atoms with Crippen LogP contribution in [0.2, 0.25) is 0 Å². The van der Waals surface area contributed by atoms with E-state index in [1.165, 1.54) is 0 Å². The summed E-state index contributed by atoms with van der Waals surface area (Å²) >= 11 is 0. The first-order chi connectivity index (χ1) is 6.72. The number of hydrogen-bond donors (Lipinski definition) is 1. The molecule has 0 bridgehead atoms. The first-order valence-corrected chi connectivity index (χ1v) is 5.18. The molecule has 0 saturated carbocycles. The third-order valence-corrected chi connectivity index (χ3v) is 1.74. The summed E-state index contributed by atoms with van der Waals surface area (Å²) in [6.07, 6.45) is 2.61. The molecule has 0 aliphatic carbocycles. The molecule has 0 rings (SSSR count). The van der Waals surface area contributed by atoms with Crippen LogP contribution in [-0.4, -0.2) is 30.6 Å². The maximum Gasteiger partial charge on any atom is 0.361 e. The smallest absolute Gasteiger partial charge is 0.361 e. The average Bonchev–Trinajstić information content (AvgIpc) is 2.15. The fourth-order valence-corrected chi connectivity index (χ4v) is 0.860. The monoisotopic (exact) mass is 294 g/mol. The fourth-order valence-electron chi connectivity index (χ4n) is 0.860. The summed E-state index contributed by atoms with van der Waals surface area (Å²) in [4.78, 5) is 10.6. The maximum absolute atomic E-state index is 10.6. The van der Waals surface area contributed by atoms with E-state index in [-0.39, 0.29) is 26.2 Å². The number of unbranched alkanes of at least 4 members (excludes halogenated alkanes) is 2. The summed E-state index contributed by atoms with van der Waals surface area (Å²) in [5.74, 6) is -1.04. The van der Waals surface area contributed by atoms with Crippen LogP contribution in [0.1, 0.15) is 39.5 Å². The van der Waals surface area contributed by atoms with Gasteiger partial charge in [-0.05, 0) is 12.8 Å². The van der Waals surface area contributed by atoms with E-state index >= 15 is 0 Å². The van der Waals surface area contributed by atoms with E-state index in [1.807, 2.05) is 13.8 Å². The summed E-state index contributed by atoms with van der Waals surface area (Å²) in [6.45, 7) is 4.94. The van der Waals surface area contributed by atoms with Crippen LogP contribution in [0.25, 0.3) is 0 Å². The van der Waals surface area contributed by atoms with E-state index in [9.17, 15) is 4.79 Å². The maximum atomic E-state index is 10.6. The molecule has 4 nitrogen and oxygen atoms in total. The molecule has 0 unspecified atom stereocenters. The summed E-state index contributed by atoms with van der Waals surface area (Å²) < 4.78 is 10.1. The molecule has 0 aromatic heterocycles. The Morgan fingerprint density at radius 2 is 1.53 bits per heavy atom. The predicted octanol–water partition coefficient (Wildman–Crippen LogP) is 2.03. The molecule has 15 heavy (non-hydrogen) atoms. The van der Waals surface area contributed by atoms with Gasteiger partial charge in [0.15, 0.2) is 0 Å². The van der Waals surface area contributed by atoms with Gasteiger partial charge in [0.25, 0.3) is 6.29 Å². The molecular weight excluding hydrogens is 275 g/mol. The van der Waals surface area contributed by atoms with Gasteiger partial charge in [-0.3, -0.25) is 0 Å². The van der Waals surface area contributed by atoms with Crippen molar-refractivity contribution in [1.29, 1.82) is 0 Å². The normalized spacial score (nSPS) is 10.1. The molecular formula is C10H20O4Zr. The summed E-state index contributed by atoms with van der Waals surface area (Å²) in [5, 5.41) is 8.72. The second-order valence-electron chi connectivity index (χ2n) is 3.12. The minimum absolute atomic E-state index is 0. The van der Waals surface area contributed by atoms with Gasteiger partial charge in [-0.1, -0.05) is 26.7 Å². The van der Waals surface area contributed by atoms with Crippen molar-refractivity contribution in [2.24, 2.45) is 0 Å². The Morgan fingerprint density at radius 1 is 1.13 bits per heavy atom. The quantitative estimate of drug-likeness (QED) is 0.522. The molecule has 0 aromatic carbocycles. The van der Waals surface area contributed by atoms with Crippen LogP contribution >= 0.6 is 0 Å². The van der Waals surface area contributed by atoms with Crippen LogP contribution < -0.4 is 0 Å². The third kappa shape index (κ3) is 10.6. The van der Waals surface area contributed by atoms with Crippen LogP contribution in [-0.2, 0) is 40.5 Å². The Hall–Kier alpha value is 0.273. The molecule has 0 heterocycles.